The van der Waals surface area contributed by atoms with E-state index in [1.165, 1.54) is 24.7 Å². The maximum Gasteiger partial charge on any atom is 0.165 e. The van der Waals surface area contributed by atoms with E-state index in [-0.39, 0.29) is 6.04 Å². The number of piperidine rings is 1. The van der Waals surface area contributed by atoms with Gasteiger partial charge in [-0.15, -0.1) is 0 Å². The van der Waals surface area contributed by atoms with Gasteiger partial charge in [0.05, 0.1) is 10.9 Å². The molecule has 3 N–H and O–H groups in total. The largest absolute Gasteiger partial charge is 0.383 e. The summed E-state index contributed by atoms with van der Waals surface area (Å²) in [6, 6.07) is 0.0886. The van der Waals surface area contributed by atoms with E-state index in [0.29, 0.717) is 45.9 Å². The maximum absolute atomic E-state index is 6.33. The molecule has 1 aliphatic carbocycles. The summed E-state index contributed by atoms with van der Waals surface area (Å²) in [6.45, 7) is 6.18. The zero-order chi connectivity index (χ0) is 23.9. The van der Waals surface area contributed by atoms with Crippen molar-refractivity contribution < 1.29 is 4.52 Å². The molecule has 1 saturated carbocycles. The summed E-state index contributed by atoms with van der Waals surface area (Å²) >= 11 is 0. The molecule has 10 nitrogen and oxygen atoms in total. The van der Waals surface area contributed by atoms with Crippen LogP contribution in [-0.4, -0.2) is 48.0 Å². The van der Waals surface area contributed by atoms with E-state index in [9.17, 15) is 0 Å². The molecule has 0 aromatic carbocycles. The third kappa shape index (κ3) is 3.85. The van der Waals surface area contributed by atoms with Crippen LogP contribution in [0.3, 0.4) is 0 Å². The summed E-state index contributed by atoms with van der Waals surface area (Å²) in [5.41, 5.74) is 10.2. The Balaban J connectivity index is 1.51. The van der Waals surface area contributed by atoms with Gasteiger partial charge < -0.3 is 15.6 Å². The van der Waals surface area contributed by atoms with Crippen molar-refractivity contribution in [3.05, 3.63) is 30.0 Å². The molecule has 0 unspecified atom stereocenters. The number of aromatic nitrogens is 7. The molecule has 0 spiro atoms. The van der Waals surface area contributed by atoms with E-state index in [1.807, 2.05) is 17.1 Å². The van der Waals surface area contributed by atoms with Gasteiger partial charge >= 0.3 is 0 Å². The van der Waals surface area contributed by atoms with Gasteiger partial charge in [0.2, 0.25) is 0 Å². The Bertz CT molecular complexity index is 1330. The summed E-state index contributed by atoms with van der Waals surface area (Å²) < 4.78 is 7.88. The highest BCUT2D eigenvalue weighted by Crippen LogP contribution is 2.44. The maximum atomic E-state index is 6.33. The normalized spacial score (nSPS) is 17.7. The fraction of sp³-hybridized carbons (Fsp3) is 0.520. The first-order valence-corrected chi connectivity index (χ1v) is 12.6. The number of nitrogens with two attached hydrogens (primary N) is 1. The number of hydrogen-bond acceptors (Lipinski definition) is 9. The minimum atomic E-state index is 0.0886. The van der Waals surface area contributed by atoms with Crippen LogP contribution in [0.25, 0.3) is 33.8 Å². The molecular weight excluding hydrogens is 442 g/mol. The van der Waals surface area contributed by atoms with E-state index >= 15 is 0 Å². The topological polar surface area (TPSA) is 133 Å². The van der Waals surface area contributed by atoms with Gasteiger partial charge in [0.1, 0.15) is 23.5 Å². The Labute approximate surface area is 203 Å². The van der Waals surface area contributed by atoms with Gasteiger partial charge in [0.25, 0.3) is 0 Å². The van der Waals surface area contributed by atoms with E-state index in [1.54, 1.807) is 0 Å². The average molecular weight is 474 g/mol. The van der Waals surface area contributed by atoms with Crippen molar-refractivity contribution in [2.75, 3.05) is 18.8 Å². The molecule has 0 bridgehead atoms. The third-order valence-electron chi connectivity index (χ3n) is 7.38. The van der Waals surface area contributed by atoms with Crippen molar-refractivity contribution in [1.29, 1.82) is 0 Å². The van der Waals surface area contributed by atoms with Gasteiger partial charge in [-0.1, -0.05) is 18.0 Å². The summed E-state index contributed by atoms with van der Waals surface area (Å²) in [4.78, 5) is 18.4. The van der Waals surface area contributed by atoms with Crippen molar-refractivity contribution in [1.82, 2.24) is 40.2 Å². The highest BCUT2D eigenvalue weighted by atomic mass is 16.5. The van der Waals surface area contributed by atoms with Crippen molar-refractivity contribution >= 4 is 16.9 Å². The van der Waals surface area contributed by atoms with E-state index in [2.05, 4.69) is 34.3 Å². The van der Waals surface area contributed by atoms with Crippen LogP contribution in [0.4, 0.5) is 5.82 Å². The second kappa shape index (κ2) is 8.99. The van der Waals surface area contributed by atoms with Crippen LogP contribution in [0, 0.1) is 0 Å². The monoisotopic (exact) mass is 473 g/mol. The first-order chi connectivity index (χ1) is 17.1. The first kappa shape index (κ1) is 22.1. The summed E-state index contributed by atoms with van der Waals surface area (Å²) in [7, 11) is 0. The number of nitrogens with zero attached hydrogens (tertiary/aromatic N) is 7. The van der Waals surface area contributed by atoms with Crippen LogP contribution in [0.15, 0.2) is 23.2 Å². The number of rotatable bonds is 5. The van der Waals surface area contributed by atoms with Crippen LogP contribution in [0.5, 0.6) is 0 Å². The molecule has 1 saturated heterocycles. The summed E-state index contributed by atoms with van der Waals surface area (Å²) in [5, 5.41) is 13.5. The lowest BCUT2D eigenvalue weighted by Gasteiger charge is -2.22. The van der Waals surface area contributed by atoms with E-state index in [4.69, 9.17) is 25.3 Å². The van der Waals surface area contributed by atoms with Crippen LogP contribution in [-0.2, 0) is 0 Å². The van der Waals surface area contributed by atoms with Gasteiger partial charge in [-0.3, -0.25) is 0 Å². The van der Waals surface area contributed by atoms with Gasteiger partial charge in [-0.25, -0.2) is 24.6 Å². The second-order valence-electron chi connectivity index (χ2n) is 9.96. The molecule has 4 aromatic heterocycles. The fourth-order valence-corrected chi connectivity index (χ4v) is 5.50. The molecule has 2 aliphatic rings. The Morgan fingerprint density at radius 3 is 2.43 bits per heavy atom. The van der Waals surface area contributed by atoms with Gasteiger partial charge in [-0.05, 0) is 64.1 Å². The predicted molar refractivity (Wildman–Crippen MR) is 133 cm³/mol. The molecule has 1 aliphatic heterocycles. The standard InChI is InChI=1S/C25H31N9O/c1-14(2)34-25-19(23(26)30-13-31-25)20(32-34)21-18(22(35-33-21)16-5-3-4-6-16)24-28-11-17(12-29-24)15-7-9-27-10-8-15/h11-16,27H,3-10H2,1-2H3,(H2,26,30,31). The molecule has 4 aromatic rings. The fourth-order valence-electron chi connectivity index (χ4n) is 5.50. The molecule has 35 heavy (non-hydrogen) atoms. The number of fused-ring (bicyclic) bond motifs is 1. The lowest BCUT2D eigenvalue weighted by molar-refractivity contribution is 0.363. The zero-order valence-corrected chi connectivity index (χ0v) is 20.2. The van der Waals surface area contributed by atoms with Gasteiger partial charge in [0.15, 0.2) is 17.2 Å². The van der Waals surface area contributed by atoms with Gasteiger partial charge in [0, 0.05) is 24.4 Å². The predicted octanol–water partition coefficient (Wildman–Crippen LogP) is 4.23. The first-order valence-electron chi connectivity index (χ1n) is 12.6. The molecular formula is C25H31N9O. The quantitative estimate of drug-likeness (QED) is 0.437. The van der Waals surface area contributed by atoms with Crippen LogP contribution in [0.1, 0.15) is 81.6 Å². The van der Waals surface area contributed by atoms with Gasteiger partial charge in [-0.2, -0.15) is 5.10 Å². The summed E-state index contributed by atoms with van der Waals surface area (Å²) in [6.07, 6.45) is 12.1. The van der Waals surface area contributed by atoms with E-state index < -0.39 is 0 Å². The highest BCUT2D eigenvalue weighted by molar-refractivity contribution is 6.00. The minimum absolute atomic E-state index is 0.0886. The zero-order valence-electron chi connectivity index (χ0n) is 20.2. The Morgan fingerprint density at radius 1 is 0.971 bits per heavy atom. The minimum Gasteiger partial charge on any atom is -0.383 e. The molecule has 2 fully saturated rings. The Kier molecular flexibility index (Phi) is 5.68. The molecule has 182 valence electrons. The summed E-state index contributed by atoms with van der Waals surface area (Å²) in [5.74, 6) is 2.61. The molecule has 5 heterocycles. The third-order valence-corrected chi connectivity index (χ3v) is 7.38. The average Bonchev–Trinajstić information content (AvgIpc) is 3.63. The number of nitrogens with one attached hydrogen (secondary N) is 1. The SMILES string of the molecule is CC(C)n1nc(-c2noc(C3CCCC3)c2-c2ncc(C3CCNCC3)cn2)c2c(N)ncnc21. The lowest BCUT2D eigenvalue weighted by Crippen LogP contribution is -2.26. The van der Waals surface area contributed by atoms with Crippen LogP contribution >= 0.6 is 0 Å². The Morgan fingerprint density at radius 2 is 1.71 bits per heavy atom. The number of nitrogen functional groups attached to an aromatic ring is 1. The highest BCUT2D eigenvalue weighted by Gasteiger charge is 2.32. The second-order valence-corrected chi connectivity index (χ2v) is 9.96. The van der Waals surface area contributed by atoms with Crippen LogP contribution in [0.2, 0.25) is 0 Å². The molecule has 0 amide bonds. The van der Waals surface area contributed by atoms with E-state index in [0.717, 1.165) is 50.1 Å². The van der Waals surface area contributed by atoms with Crippen molar-refractivity contribution in [3.8, 4) is 22.8 Å². The molecule has 10 heteroatoms. The lowest BCUT2D eigenvalue weighted by atomic mass is 9.92. The van der Waals surface area contributed by atoms with Crippen molar-refractivity contribution in [2.45, 2.75) is 70.3 Å². The molecule has 6 rings (SSSR count). The van der Waals surface area contributed by atoms with Crippen molar-refractivity contribution in [2.24, 2.45) is 0 Å². The number of anilines is 1. The van der Waals surface area contributed by atoms with Crippen molar-refractivity contribution in [3.63, 3.8) is 0 Å². The number of hydrogen-bond donors (Lipinski definition) is 2. The smallest absolute Gasteiger partial charge is 0.165 e. The molecule has 0 radical (unpaired) electrons. The molecule has 0 atom stereocenters. The van der Waals surface area contributed by atoms with Crippen LogP contribution < -0.4 is 11.1 Å². The Hall–Kier alpha value is -3.40.